The molecule has 2 aliphatic heterocycles. The number of hydrogen-bond donors (Lipinski definition) is 0. The van der Waals surface area contributed by atoms with Gasteiger partial charge in [-0.2, -0.15) is 11.3 Å². The van der Waals surface area contributed by atoms with E-state index in [0.717, 1.165) is 52.2 Å². The summed E-state index contributed by atoms with van der Waals surface area (Å²) in [5.74, 6) is 0.614. The maximum Gasteiger partial charge on any atom is 0.318 e. The van der Waals surface area contributed by atoms with Gasteiger partial charge >= 0.3 is 6.01 Å². The van der Waals surface area contributed by atoms with Crippen LogP contribution in [-0.2, 0) is 11.3 Å². The summed E-state index contributed by atoms with van der Waals surface area (Å²) in [6, 6.07) is 2.83. The first kappa shape index (κ1) is 15.1. The summed E-state index contributed by atoms with van der Waals surface area (Å²) in [5, 5.41) is 12.5. The molecular weight excluding hydrogens is 312 g/mol. The van der Waals surface area contributed by atoms with E-state index in [1.54, 1.807) is 11.3 Å². The molecule has 0 aromatic carbocycles. The number of ether oxygens (including phenoxy) is 1. The lowest BCUT2D eigenvalue weighted by Gasteiger charge is -2.47. The molecule has 2 aromatic heterocycles. The number of nitrogens with zero attached hydrogens (tertiary/aromatic N) is 4. The van der Waals surface area contributed by atoms with Crippen LogP contribution in [0.25, 0.3) is 0 Å². The molecule has 6 nitrogen and oxygen atoms in total. The number of anilines is 1. The molecule has 124 valence electrons. The van der Waals surface area contributed by atoms with Gasteiger partial charge in [-0.3, -0.25) is 4.90 Å². The van der Waals surface area contributed by atoms with E-state index in [4.69, 9.17) is 9.15 Å². The zero-order valence-electron chi connectivity index (χ0n) is 13.4. The van der Waals surface area contributed by atoms with Crippen molar-refractivity contribution < 1.29 is 9.15 Å². The lowest BCUT2D eigenvalue weighted by atomic mass is 9.90. The van der Waals surface area contributed by atoms with E-state index in [-0.39, 0.29) is 5.60 Å². The Morgan fingerprint density at radius 2 is 2.26 bits per heavy atom. The number of piperidine rings is 1. The minimum Gasteiger partial charge on any atom is -0.408 e. The molecule has 0 unspecified atom stereocenters. The normalized spacial score (nSPS) is 26.0. The van der Waals surface area contributed by atoms with Crippen LogP contribution in [0.3, 0.4) is 0 Å². The summed E-state index contributed by atoms with van der Waals surface area (Å²) in [5.41, 5.74) is 1.28. The lowest BCUT2D eigenvalue weighted by molar-refractivity contribution is -0.116. The second-order valence-corrected chi connectivity index (χ2v) is 7.28. The van der Waals surface area contributed by atoms with E-state index in [1.165, 1.54) is 5.56 Å². The van der Waals surface area contributed by atoms with Crippen LogP contribution in [0, 0.1) is 6.92 Å². The fraction of sp³-hybridized carbons (Fsp3) is 0.625. The Bertz CT molecular complexity index is 640. The number of aromatic nitrogens is 2. The minimum absolute atomic E-state index is 0.116. The summed E-state index contributed by atoms with van der Waals surface area (Å²) >= 11 is 1.76. The molecular formula is C16H22N4O2S. The van der Waals surface area contributed by atoms with Crippen LogP contribution in [0.2, 0.25) is 0 Å². The number of rotatable bonds is 3. The van der Waals surface area contributed by atoms with Crippen LogP contribution in [0.4, 0.5) is 6.01 Å². The molecule has 23 heavy (non-hydrogen) atoms. The van der Waals surface area contributed by atoms with Crippen molar-refractivity contribution in [1.82, 2.24) is 15.1 Å². The number of morpholine rings is 1. The molecule has 2 aliphatic rings. The molecule has 0 amide bonds. The maximum absolute atomic E-state index is 6.24. The van der Waals surface area contributed by atoms with E-state index in [9.17, 15) is 0 Å². The molecule has 4 heterocycles. The van der Waals surface area contributed by atoms with Crippen LogP contribution >= 0.6 is 11.3 Å². The Balaban J connectivity index is 1.46. The van der Waals surface area contributed by atoms with E-state index >= 15 is 0 Å². The quantitative estimate of drug-likeness (QED) is 0.858. The smallest absolute Gasteiger partial charge is 0.318 e. The Morgan fingerprint density at radius 3 is 3.04 bits per heavy atom. The third-order valence-corrected chi connectivity index (χ3v) is 5.37. The summed E-state index contributed by atoms with van der Waals surface area (Å²) in [6.07, 6.45) is 2.18. The SMILES string of the molecule is Cc1nnc(N2CCC[C@]3(CN(Cc4ccsc4)CCO3)C2)o1. The van der Waals surface area contributed by atoms with Gasteiger partial charge in [0.25, 0.3) is 0 Å². The predicted octanol–water partition coefficient (Wildman–Crippen LogP) is 2.31. The highest BCUT2D eigenvalue weighted by Gasteiger charge is 2.41. The molecule has 2 saturated heterocycles. The molecule has 2 fully saturated rings. The Morgan fingerprint density at radius 1 is 1.30 bits per heavy atom. The third-order valence-electron chi connectivity index (χ3n) is 4.64. The van der Waals surface area contributed by atoms with Gasteiger partial charge in [-0.25, -0.2) is 0 Å². The van der Waals surface area contributed by atoms with Crippen molar-refractivity contribution >= 4 is 17.4 Å². The number of thiophene rings is 1. The number of aryl methyl sites for hydroxylation is 1. The summed E-state index contributed by atoms with van der Waals surface area (Å²) in [6.45, 7) is 7.38. The molecule has 0 aliphatic carbocycles. The second kappa shape index (κ2) is 6.22. The third kappa shape index (κ3) is 3.27. The highest BCUT2D eigenvalue weighted by Crippen LogP contribution is 2.31. The van der Waals surface area contributed by atoms with Crippen LogP contribution in [0.15, 0.2) is 21.2 Å². The van der Waals surface area contributed by atoms with Crippen molar-refractivity contribution in [2.75, 3.05) is 37.7 Å². The van der Waals surface area contributed by atoms with Gasteiger partial charge in [-0.1, -0.05) is 5.10 Å². The van der Waals surface area contributed by atoms with Gasteiger partial charge in [0.15, 0.2) is 0 Å². The van der Waals surface area contributed by atoms with Crippen molar-refractivity contribution in [2.24, 2.45) is 0 Å². The molecule has 1 atom stereocenters. The predicted molar refractivity (Wildman–Crippen MR) is 88.8 cm³/mol. The van der Waals surface area contributed by atoms with Gasteiger partial charge in [-0.15, -0.1) is 5.10 Å². The van der Waals surface area contributed by atoms with Crippen molar-refractivity contribution in [3.8, 4) is 0 Å². The van der Waals surface area contributed by atoms with Gasteiger partial charge in [0.2, 0.25) is 5.89 Å². The monoisotopic (exact) mass is 334 g/mol. The van der Waals surface area contributed by atoms with Crippen molar-refractivity contribution in [3.63, 3.8) is 0 Å². The molecule has 2 aromatic rings. The van der Waals surface area contributed by atoms with Crippen molar-refractivity contribution in [1.29, 1.82) is 0 Å². The average Bonchev–Trinajstić information content (AvgIpc) is 3.19. The molecule has 0 saturated carbocycles. The molecule has 0 N–H and O–H groups in total. The zero-order chi connectivity index (χ0) is 15.7. The van der Waals surface area contributed by atoms with Crippen molar-refractivity contribution in [3.05, 3.63) is 28.3 Å². The average molecular weight is 334 g/mol. The molecule has 1 spiro atoms. The highest BCUT2D eigenvalue weighted by atomic mass is 32.1. The van der Waals surface area contributed by atoms with Gasteiger partial charge in [0, 0.05) is 33.1 Å². The van der Waals surface area contributed by atoms with E-state index in [2.05, 4.69) is 36.8 Å². The van der Waals surface area contributed by atoms with E-state index < -0.39 is 0 Å². The van der Waals surface area contributed by atoms with E-state index in [1.807, 2.05) is 6.92 Å². The second-order valence-electron chi connectivity index (χ2n) is 6.50. The first-order valence-electron chi connectivity index (χ1n) is 8.15. The summed E-state index contributed by atoms with van der Waals surface area (Å²) in [7, 11) is 0. The van der Waals surface area contributed by atoms with E-state index in [0.29, 0.717) is 11.9 Å². The maximum atomic E-state index is 6.24. The zero-order valence-corrected chi connectivity index (χ0v) is 14.2. The topological polar surface area (TPSA) is 54.6 Å². The lowest BCUT2D eigenvalue weighted by Crippen LogP contribution is -2.59. The fourth-order valence-corrected chi connectivity index (χ4v) is 4.28. The first-order valence-corrected chi connectivity index (χ1v) is 9.09. The first-order chi connectivity index (χ1) is 11.2. The Kier molecular flexibility index (Phi) is 4.09. The highest BCUT2D eigenvalue weighted by molar-refractivity contribution is 7.07. The standard InChI is InChI=1S/C16H22N4O2S/c1-13-17-18-15(22-13)20-5-2-4-16(12-20)11-19(6-7-21-16)9-14-3-8-23-10-14/h3,8,10H,2,4-7,9,11-12H2,1H3/t16-/m0/s1. The van der Waals surface area contributed by atoms with Gasteiger partial charge in [0.1, 0.15) is 0 Å². The minimum atomic E-state index is -0.116. The largest absolute Gasteiger partial charge is 0.408 e. The van der Waals surface area contributed by atoms with Gasteiger partial charge < -0.3 is 14.1 Å². The Hall–Kier alpha value is -1.44. The number of hydrogen-bond acceptors (Lipinski definition) is 7. The van der Waals surface area contributed by atoms with Crippen LogP contribution < -0.4 is 4.90 Å². The van der Waals surface area contributed by atoms with Crippen LogP contribution in [0.5, 0.6) is 0 Å². The van der Waals surface area contributed by atoms with Gasteiger partial charge in [-0.05, 0) is 35.2 Å². The Labute approximate surface area is 140 Å². The van der Waals surface area contributed by atoms with Gasteiger partial charge in [0.05, 0.1) is 18.8 Å². The molecule has 4 rings (SSSR count). The fourth-order valence-electron chi connectivity index (χ4n) is 3.62. The molecule has 0 bridgehead atoms. The molecule has 0 radical (unpaired) electrons. The van der Waals surface area contributed by atoms with Crippen LogP contribution in [-0.4, -0.2) is 53.5 Å². The van der Waals surface area contributed by atoms with Crippen LogP contribution in [0.1, 0.15) is 24.3 Å². The van der Waals surface area contributed by atoms with Crippen molar-refractivity contribution in [2.45, 2.75) is 31.9 Å². The summed E-state index contributed by atoms with van der Waals surface area (Å²) in [4.78, 5) is 4.69. The summed E-state index contributed by atoms with van der Waals surface area (Å²) < 4.78 is 11.8. The molecule has 7 heteroatoms.